The van der Waals surface area contributed by atoms with Crippen LogP contribution in [-0.2, 0) is 0 Å². The fraction of sp³-hybridized carbons (Fsp3) is 0.0312. The van der Waals surface area contributed by atoms with Crippen molar-refractivity contribution in [3.63, 3.8) is 0 Å². The first kappa shape index (κ1) is 19.8. The highest BCUT2D eigenvalue weighted by atomic mass is 32.1. The normalized spacial score (nSPS) is 12.0. The smallest absolute Gasteiger partial charge is 0.156 e. The summed E-state index contributed by atoms with van der Waals surface area (Å²) >= 11 is 1.82. The minimum atomic E-state index is 0.852. The number of pyridine rings is 1. The third-order valence-electron chi connectivity index (χ3n) is 7.25. The van der Waals surface area contributed by atoms with E-state index in [4.69, 9.17) is 9.72 Å². The van der Waals surface area contributed by atoms with E-state index in [1.54, 1.807) is 7.11 Å². The van der Waals surface area contributed by atoms with Gasteiger partial charge in [-0.2, -0.15) is 0 Å². The van der Waals surface area contributed by atoms with Crippen molar-refractivity contribution in [1.29, 1.82) is 0 Å². The van der Waals surface area contributed by atoms with Gasteiger partial charge in [-0.25, -0.2) is 4.98 Å². The first-order valence-electron chi connectivity index (χ1n) is 12.0. The molecule has 0 unspecified atom stereocenters. The molecule has 8 aromatic rings. The Morgan fingerprint density at radius 1 is 0.694 bits per heavy atom. The summed E-state index contributed by atoms with van der Waals surface area (Å²) in [7, 11) is 1.70. The molecular formula is C32H20N2OS. The summed E-state index contributed by atoms with van der Waals surface area (Å²) in [6.07, 6.45) is 0. The fourth-order valence-corrected chi connectivity index (χ4v) is 6.66. The van der Waals surface area contributed by atoms with E-state index in [2.05, 4.69) is 95.4 Å². The van der Waals surface area contributed by atoms with Crippen LogP contribution in [0.2, 0.25) is 0 Å². The molecular weight excluding hydrogens is 460 g/mol. The van der Waals surface area contributed by atoms with Crippen LogP contribution >= 0.6 is 11.3 Å². The standard InChI is InChI=1S/C32H20N2OS/c1-35-23-13-10-19(11-14-23)28-18-26-24-8-4-5-9-29(24)36-31(26)32-33-30-25-17-21-7-3-2-6-20(21)16-22(25)12-15-27(30)34(28)32/h2-18H,1H3. The van der Waals surface area contributed by atoms with E-state index in [9.17, 15) is 0 Å². The average Bonchev–Trinajstić information content (AvgIpc) is 3.51. The van der Waals surface area contributed by atoms with Gasteiger partial charge < -0.3 is 4.74 Å². The van der Waals surface area contributed by atoms with Gasteiger partial charge in [-0.15, -0.1) is 11.3 Å². The molecule has 4 heteroatoms. The topological polar surface area (TPSA) is 26.5 Å². The van der Waals surface area contributed by atoms with Crippen molar-refractivity contribution in [2.45, 2.75) is 0 Å². The minimum absolute atomic E-state index is 0.852. The molecule has 0 aliphatic heterocycles. The Labute approximate surface area is 210 Å². The molecule has 0 aliphatic rings. The summed E-state index contributed by atoms with van der Waals surface area (Å²) in [6.45, 7) is 0. The SMILES string of the molecule is COc1ccc(-c2cc3c4ccccc4sc3c3nc4c5cc6ccccc6cc5ccc4n23)cc1. The Morgan fingerprint density at radius 2 is 1.47 bits per heavy atom. The molecule has 3 aromatic heterocycles. The van der Waals surface area contributed by atoms with Crippen LogP contribution in [0.25, 0.3) is 69.7 Å². The summed E-state index contributed by atoms with van der Waals surface area (Å²) in [5.41, 5.74) is 5.44. The predicted octanol–water partition coefficient (Wildman–Crippen LogP) is 8.84. The van der Waals surface area contributed by atoms with Crippen LogP contribution < -0.4 is 4.74 Å². The predicted molar refractivity (Wildman–Crippen MR) is 153 cm³/mol. The third kappa shape index (κ3) is 2.70. The minimum Gasteiger partial charge on any atom is -0.497 e. The number of rotatable bonds is 2. The van der Waals surface area contributed by atoms with Crippen LogP contribution in [0.5, 0.6) is 5.75 Å². The number of nitrogens with zero attached hydrogens (tertiary/aromatic N) is 2. The van der Waals surface area contributed by atoms with Gasteiger partial charge in [-0.3, -0.25) is 4.40 Å². The number of hydrogen-bond acceptors (Lipinski definition) is 3. The quantitative estimate of drug-likeness (QED) is 0.231. The summed E-state index contributed by atoms with van der Waals surface area (Å²) in [4.78, 5) is 5.34. The maximum Gasteiger partial charge on any atom is 0.156 e. The Morgan fingerprint density at radius 3 is 2.31 bits per heavy atom. The van der Waals surface area contributed by atoms with E-state index in [-0.39, 0.29) is 0 Å². The summed E-state index contributed by atoms with van der Waals surface area (Å²) in [5.74, 6) is 0.852. The molecule has 3 nitrogen and oxygen atoms in total. The monoisotopic (exact) mass is 480 g/mol. The van der Waals surface area contributed by atoms with Crippen LogP contribution in [0, 0.1) is 0 Å². The number of imidazole rings is 1. The molecule has 36 heavy (non-hydrogen) atoms. The van der Waals surface area contributed by atoms with Gasteiger partial charge in [0.25, 0.3) is 0 Å². The Hall–Kier alpha value is -4.41. The molecule has 0 saturated carbocycles. The number of aromatic nitrogens is 2. The molecule has 0 bridgehead atoms. The van der Waals surface area contributed by atoms with Crippen LogP contribution in [0.4, 0.5) is 0 Å². The molecule has 0 atom stereocenters. The molecule has 0 aliphatic carbocycles. The maximum atomic E-state index is 5.43. The van der Waals surface area contributed by atoms with Gasteiger partial charge >= 0.3 is 0 Å². The second-order valence-corrected chi connectivity index (χ2v) is 10.3. The van der Waals surface area contributed by atoms with Crippen molar-refractivity contribution in [2.24, 2.45) is 0 Å². The highest BCUT2D eigenvalue weighted by Crippen LogP contribution is 2.41. The van der Waals surface area contributed by atoms with E-state index in [1.807, 2.05) is 23.5 Å². The van der Waals surface area contributed by atoms with Crippen LogP contribution in [-0.4, -0.2) is 16.5 Å². The molecule has 0 fully saturated rings. The molecule has 5 aromatic carbocycles. The van der Waals surface area contributed by atoms with E-state index in [0.29, 0.717) is 0 Å². The van der Waals surface area contributed by atoms with Gasteiger partial charge in [0, 0.05) is 20.9 Å². The number of fused-ring (bicyclic) bond motifs is 10. The van der Waals surface area contributed by atoms with E-state index < -0.39 is 0 Å². The zero-order valence-corrected chi connectivity index (χ0v) is 20.3. The molecule has 0 amide bonds. The molecule has 0 N–H and O–H groups in total. The van der Waals surface area contributed by atoms with E-state index >= 15 is 0 Å². The molecule has 0 radical (unpaired) electrons. The first-order valence-corrected chi connectivity index (χ1v) is 12.8. The van der Waals surface area contributed by atoms with Crippen molar-refractivity contribution >= 4 is 69.7 Å². The molecule has 0 saturated heterocycles. The van der Waals surface area contributed by atoms with Crippen LogP contribution in [0.3, 0.4) is 0 Å². The summed E-state index contributed by atoms with van der Waals surface area (Å²) < 4.78 is 10.3. The van der Waals surface area contributed by atoms with Gasteiger partial charge in [0.2, 0.25) is 0 Å². The van der Waals surface area contributed by atoms with Crippen molar-refractivity contribution in [2.75, 3.05) is 7.11 Å². The zero-order valence-electron chi connectivity index (χ0n) is 19.5. The zero-order chi connectivity index (χ0) is 23.8. The lowest BCUT2D eigenvalue weighted by Gasteiger charge is -2.10. The maximum absolute atomic E-state index is 5.43. The largest absolute Gasteiger partial charge is 0.497 e. The van der Waals surface area contributed by atoms with Crippen LogP contribution in [0.1, 0.15) is 0 Å². The second-order valence-electron chi connectivity index (χ2n) is 9.22. The highest BCUT2D eigenvalue weighted by molar-refractivity contribution is 7.26. The number of ether oxygens (including phenoxy) is 1. The average molecular weight is 481 g/mol. The lowest BCUT2D eigenvalue weighted by molar-refractivity contribution is 0.415. The summed E-state index contributed by atoms with van der Waals surface area (Å²) in [5, 5.41) is 7.40. The Bertz CT molecular complexity index is 2130. The molecule has 170 valence electrons. The van der Waals surface area contributed by atoms with E-state index in [1.165, 1.54) is 41.7 Å². The van der Waals surface area contributed by atoms with Crippen molar-refractivity contribution in [3.8, 4) is 17.0 Å². The first-order chi connectivity index (χ1) is 17.8. The number of benzene rings is 5. The molecule has 0 spiro atoms. The number of hydrogen-bond donors (Lipinski definition) is 0. The lowest BCUT2D eigenvalue weighted by atomic mass is 10.0. The van der Waals surface area contributed by atoms with Gasteiger partial charge in [-0.05, 0) is 76.3 Å². The fourth-order valence-electron chi connectivity index (χ4n) is 5.50. The molecule has 8 rings (SSSR count). The summed E-state index contributed by atoms with van der Waals surface area (Å²) in [6, 6.07) is 36.8. The van der Waals surface area contributed by atoms with Crippen molar-refractivity contribution in [3.05, 3.63) is 103 Å². The second kappa shape index (κ2) is 7.30. The van der Waals surface area contributed by atoms with Gasteiger partial charge in [-0.1, -0.05) is 48.5 Å². The Balaban J connectivity index is 1.57. The van der Waals surface area contributed by atoms with Gasteiger partial charge in [0.05, 0.1) is 28.5 Å². The molecule has 3 heterocycles. The number of thiophene rings is 1. The van der Waals surface area contributed by atoms with Gasteiger partial charge in [0.1, 0.15) is 5.75 Å². The third-order valence-corrected chi connectivity index (χ3v) is 8.43. The van der Waals surface area contributed by atoms with Crippen LogP contribution in [0.15, 0.2) is 103 Å². The van der Waals surface area contributed by atoms with E-state index in [0.717, 1.165) is 33.7 Å². The Kier molecular flexibility index (Phi) is 4.02. The highest BCUT2D eigenvalue weighted by Gasteiger charge is 2.19. The van der Waals surface area contributed by atoms with Crippen molar-refractivity contribution < 1.29 is 4.74 Å². The van der Waals surface area contributed by atoms with Gasteiger partial charge in [0.15, 0.2) is 5.65 Å². The number of methoxy groups -OCH3 is 1. The lowest BCUT2D eigenvalue weighted by Crippen LogP contribution is -1.93. The van der Waals surface area contributed by atoms with Crippen molar-refractivity contribution in [1.82, 2.24) is 9.38 Å².